The van der Waals surface area contributed by atoms with Gasteiger partial charge in [0.05, 0.1) is 11.5 Å². The fourth-order valence-corrected chi connectivity index (χ4v) is 6.54. The fourth-order valence-electron chi connectivity index (χ4n) is 6.54. The Morgan fingerprint density at radius 3 is 2.56 bits per heavy atom. The van der Waals surface area contributed by atoms with Gasteiger partial charge in [-0.2, -0.15) is 0 Å². The SMILES string of the molecule is C=CCOC(=O)[C@H]1[C@H]2C(=O)N(CCCCCCO)C(C(=O)N(CC=C)CCCC)C23CC[C@]1(CC)O3. The second kappa shape index (κ2) is 12.4. The Labute approximate surface area is 215 Å². The first-order valence-corrected chi connectivity index (χ1v) is 13.7. The van der Waals surface area contributed by atoms with E-state index in [-0.39, 0.29) is 25.0 Å². The van der Waals surface area contributed by atoms with Gasteiger partial charge in [-0.25, -0.2) is 0 Å². The number of esters is 1. The first kappa shape index (κ1) is 28.4. The molecule has 0 radical (unpaired) electrons. The third kappa shape index (κ3) is 4.99. The number of aliphatic hydroxyl groups is 1. The van der Waals surface area contributed by atoms with E-state index in [4.69, 9.17) is 14.6 Å². The topological polar surface area (TPSA) is 96.4 Å². The maximum absolute atomic E-state index is 14.1. The molecule has 3 aliphatic heterocycles. The van der Waals surface area contributed by atoms with Crippen LogP contribution in [0.2, 0.25) is 0 Å². The van der Waals surface area contributed by atoms with Crippen LogP contribution in [0.5, 0.6) is 0 Å². The van der Waals surface area contributed by atoms with Crippen LogP contribution < -0.4 is 0 Å². The van der Waals surface area contributed by atoms with Crippen LogP contribution >= 0.6 is 0 Å². The summed E-state index contributed by atoms with van der Waals surface area (Å²) in [5.41, 5.74) is -1.82. The van der Waals surface area contributed by atoms with Gasteiger partial charge in [-0.1, -0.05) is 51.8 Å². The predicted molar refractivity (Wildman–Crippen MR) is 137 cm³/mol. The molecule has 3 saturated heterocycles. The van der Waals surface area contributed by atoms with E-state index in [1.54, 1.807) is 15.9 Å². The molecule has 0 aliphatic carbocycles. The quantitative estimate of drug-likeness (QED) is 0.197. The molecule has 3 fully saturated rings. The number of hydrogen-bond donors (Lipinski definition) is 1. The zero-order chi connectivity index (χ0) is 26.3. The van der Waals surface area contributed by atoms with Crippen molar-refractivity contribution >= 4 is 17.8 Å². The first-order chi connectivity index (χ1) is 17.4. The summed E-state index contributed by atoms with van der Waals surface area (Å²) in [6.45, 7) is 13.1. The Morgan fingerprint density at radius 1 is 1.17 bits per heavy atom. The second-order valence-corrected chi connectivity index (χ2v) is 10.3. The summed E-state index contributed by atoms with van der Waals surface area (Å²) in [5.74, 6) is -2.21. The zero-order valence-electron chi connectivity index (χ0n) is 22.1. The van der Waals surface area contributed by atoms with Crippen LogP contribution in [-0.4, -0.2) is 82.8 Å². The third-order valence-electron chi connectivity index (χ3n) is 8.26. The molecule has 3 heterocycles. The van der Waals surface area contributed by atoms with Crippen molar-refractivity contribution in [3.8, 4) is 0 Å². The van der Waals surface area contributed by atoms with E-state index in [2.05, 4.69) is 20.1 Å². The number of nitrogens with zero attached hydrogens (tertiary/aromatic N) is 2. The minimum absolute atomic E-state index is 0.0735. The van der Waals surface area contributed by atoms with Gasteiger partial charge in [0.2, 0.25) is 11.8 Å². The average molecular weight is 505 g/mol. The maximum atomic E-state index is 14.1. The molecule has 2 unspecified atom stereocenters. The highest BCUT2D eigenvalue weighted by Gasteiger charge is 2.79. The summed E-state index contributed by atoms with van der Waals surface area (Å²) in [5, 5.41) is 9.10. The molecular formula is C28H44N2O6. The highest BCUT2D eigenvalue weighted by molar-refractivity contribution is 5.98. The van der Waals surface area contributed by atoms with Gasteiger partial charge in [0.1, 0.15) is 24.2 Å². The van der Waals surface area contributed by atoms with Gasteiger partial charge in [0, 0.05) is 26.2 Å². The second-order valence-electron chi connectivity index (χ2n) is 10.3. The Kier molecular flexibility index (Phi) is 9.75. The molecule has 202 valence electrons. The lowest BCUT2D eigenvalue weighted by molar-refractivity contribution is -0.161. The average Bonchev–Trinajstić information content (AvgIpc) is 3.48. The van der Waals surface area contributed by atoms with E-state index in [0.717, 1.165) is 32.1 Å². The van der Waals surface area contributed by atoms with Crippen LogP contribution in [-0.2, 0) is 23.9 Å². The Morgan fingerprint density at radius 2 is 1.92 bits per heavy atom. The summed E-state index contributed by atoms with van der Waals surface area (Å²) in [6.07, 6.45) is 9.93. The van der Waals surface area contributed by atoms with Gasteiger partial charge in [-0.3, -0.25) is 14.4 Å². The van der Waals surface area contributed by atoms with Crippen molar-refractivity contribution in [2.75, 3.05) is 32.8 Å². The first-order valence-electron chi connectivity index (χ1n) is 13.7. The smallest absolute Gasteiger partial charge is 0.313 e. The molecule has 0 aromatic heterocycles. The predicted octanol–water partition coefficient (Wildman–Crippen LogP) is 3.24. The molecule has 0 aromatic rings. The normalized spacial score (nSPS) is 30.4. The molecule has 8 heteroatoms. The van der Waals surface area contributed by atoms with Crippen molar-refractivity contribution in [2.24, 2.45) is 11.8 Å². The van der Waals surface area contributed by atoms with Crippen LogP contribution in [0, 0.1) is 11.8 Å². The largest absolute Gasteiger partial charge is 0.461 e. The van der Waals surface area contributed by atoms with Gasteiger partial charge in [0.25, 0.3) is 0 Å². The van der Waals surface area contributed by atoms with Crippen LogP contribution in [0.3, 0.4) is 0 Å². The molecule has 1 N–H and O–H groups in total. The summed E-state index contributed by atoms with van der Waals surface area (Å²) in [6, 6.07) is -0.768. The van der Waals surface area contributed by atoms with Gasteiger partial charge >= 0.3 is 5.97 Å². The summed E-state index contributed by atoms with van der Waals surface area (Å²) in [4.78, 5) is 44.9. The number of carbonyl (C=O) groups excluding carboxylic acids is 3. The van der Waals surface area contributed by atoms with E-state index in [9.17, 15) is 14.4 Å². The fraction of sp³-hybridized carbons (Fsp3) is 0.750. The molecule has 5 atom stereocenters. The third-order valence-corrected chi connectivity index (χ3v) is 8.26. The lowest BCUT2D eigenvalue weighted by atomic mass is 9.65. The van der Waals surface area contributed by atoms with Crippen molar-refractivity contribution in [3.63, 3.8) is 0 Å². The Hall–Kier alpha value is -2.19. The van der Waals surface area contributed by atoms with Crippen LogP contribution in [0.25, 0.3) is 0 Å². The molecule has 8 nitrogen and oxygen atoms in total. The van der Waals surface area contributed by atoms with Crippen molar-refractivity contribution in [1.29, 1.82) is 0 Å². The monoisotopic (exact) mass is 504 g/mol. The number of ether oxygens (including phenoxy) is 2. The highest BCUT2D eigenvalue weighted by Crippen LogP contribution is 2.64. The highest BCUT2D eigenvalue weighted by atomic mass is 16.6. The van der Waals surface area contributed by atoms with Crippen LogP contribution in [0.4, 0.5) is 0 Å². The van der Waals surface area contributed by atoms with Crippen molar-refractivity contribution in [1.82, 2.24) is 9.80 Å². The van der Waals surface area contributed by atoms with Crippen LogP contribution in [0.1, 0.15) is 71.6 Å². The standard InChI is InChI=1S/C28H44N2O6/c1-5-9-17-29(16-6-2)25(33)23-28-15-14-27(8-4,36-28)22(26(34)35-20-7-3)21(28)24(32)30(23)18-12-10-11-13-19-31/h6-7,21-23,31H,2-3,5,8-20H2,1,4H3/t21-,22+,23?,27-,28?/m0/s1. The number of hydrogen-bond acceptors (Lipinski definition) is 6. The minimum Gasteiger partial charge on any atom is -0.461 e. The van der Waals surface area contributed by atoms with E-state index < -0.39 is 35.0 Å². The molecule has 2 amide bonds. The number of rotatable bonds is 16. The van der Waals surface area contributed by atoms with E-state index in [1.807, 2.05) is 6.92 Å². The lowest BCUT2D eigenvalue weighted by Gasteiger charge is -2.37. The summed E-state index contributed by atoms with van der Waals surface area (Å²) in [7, 11) is 0. The molecular weight excluding hydrogens is 460 g/mol. The summed E-state index contributed by atoms with van der Waals surface area (Å²) < 4.78 is 12.2. The molecule has 1 spiro atoms. The zero-order valence-corrected chi connectivity index (χ0v) is 22.1. The van der Waals surface area contributed by atoms with Crippen LogP contribution in [0.15, 0.2) is 25.3 Å². The van der Waals surface area contributed by atoms with Gasteiger partial charge < -0.3 is 24.4 Å². The number of fused-ring (bicyclic) bond motifs is 1. The molecule has 3 aliphatic rings. The van der Waals surface area contributed by atoms with E-state index in [1.165, 1.54) is 6.08 Å². The number of unbranched alkanes of at least 4 members (excludes halogenated alkanes) is 4. The van der Waals surface area contributed by atoms with Gasteiger partial charge in [0.15, 0.2) is 0 Å². The molecule has 0 aromatic carbocycles. The lowest BCUT2D eigenvalue weighted by Crippen LogP contribution is -2.56. The molecule has 0 saturated carbocycles. The van der Waals surface area contributed by atoms with Gasteiger partial charge in [-0.05, 0) is 38.5 Å². The molecule has 3 rings (SSSR count). The van der Waals surface area contributed by atoms with E-state index >= 15 is 0 Å². The number of amides is 2. The minimum atomic E-state index is -1.03. The number of carbonyl (C=O) groups is 3. The molecule has 36 heavy (non-hydrogen) atoms. The number of likely N-dealkylation sites (tertiary alicyclic amines) is 1. The number of aliphatic hydroxyl groups excluding tert-OH is 1. The Balaban J connectivity index is 1.98. The molecule has 2 bridgehead atoms. The van der Waals surface area contributed by atoms with Crippen molar-refractivity contribution in [2.45, 2.75) is 88.9 Å². The van der Waals surface area contributed by atoms with Gasteiger partial charge in [-0.15, -0.1) is 6.58 Å². The Bertz CT molecular complexity index is 831. The van der Waals surface area contributed by atoms with Crippen molar-refractivity contribution < 1.29 is 29.0 Å². The van der Waals surface area contributed by atoms with Crippen molar-refractivity contribution in [3.05, 3.63) is 25.3 Å². The summed E-state index contributed by atoms with van der Waals surface area (Å²) >= 11 is 0. The van der Waals surface area contributed by atoms with E-state index in [0.29, 0.717) is 45.3 Å². The maximum Gasteiger partial charge on any atom is 0.313 e.